The van der Waals surface area contributed by atoms with Crippen molar-refractivity contribution in [2.75, 3.05) is 6.54 Å². The molecule has 1 N–H and O–H groups in total. The summed E-state index contributed by atoms with van der Waals surface area (Å²) >= 11 is 4.39. The predicted octanol–water partition coefficient (Wildman–Crippen LogP) is 2.35. The number of benzene rings is 1. The van der Waals surface area contributed by atoms with Crippen molar-refractivity contribution in [3.05, 3.63) is 35.6 Å². The number of hydrogen-bond donors (Lipinski definition) is 1. The van der Waals surface area contributed by atoms with E-state index in [0.29, 0.717) is 18.5 Å². The highest BCUT2D eigenvalue weighted by Gasteiger charge is 2.06. The Hall–Kier alpha value is -1.09. The van der Waals surface area contributed by atoms with E-state index in [9.17, 15) is 9.50 Å². The molecular formula is C10H10FNOS. The Morgan fingerprint density at radius 3 is 2.64 bits per heavy atom. The van der Waals surface area contributed by atoms with Crippen LogP contribution in [-0.4, -0.2) is 16.8 Å². The SMILES string of the molecule is O[C@@H](CCN=C=S)c1ccc(F)cc1. The highest BCUT2D eigenvalue weighted by molar-refractivity contribution is 7.78. The molecule has 0 heterocycles. The summed E-state index contributed by atoms with van der Waals surface area (Å²) in [6.07, 6.45) is -0.155. The summed E-state index contributed by atoms with van der Waals surface area (Å²) in [4.78, 5) is 3.69. The lowest BCUT2D eigenvalue weighted by Crippen LogP contribution is -1.99. The number of rotatable bonds is 4. The van der Waals surface area contributed by atoms with Gasteiger partial charge < -0.3 is 5.11 Å². The number of aliphatic hydroxyl groups is 1. The second-order valence-corrected chi connectivity index (χ2v) is 3.01. The van der Waals surface area contributed by atoms with Gasteiger partial charge >= 0.3 is 0 Å². The zero-order valence-electron chi connectivity index (χ0n) is 7.48. The molecule has 0 aliphatic carbocycles. The van der Waals surface area contributed by atoms with Gasteiger partial charge in [0.05, 0.1) is 17.8 Å². The molecule has 0 saturated heterocycles. The molecule has 14 heavy (non-hydrogen) atoms. The standard InChI is InChI=1S/C10H10FNOS/c11-9-3-1-8(2-4-9)10(13)5-6-12-7-14/h1-4,10,13H,5-6H2/t10-/m0/s1. The van der Waals surface area contributed by atoms with E-state index in [1.807, 2.05) is 0 Å². The van der Waals surface area contributed by atoms with E-state index in [-0.39, 0.29) is 5.82 Å². The van der Waals surface area contributed by atoms with Crippen molar-refractivity contribution in [2.45, 2.75) is 12.5 Å². The fourth-order valence-corrected chi connectivity index (χ4v) is 1.18. The van der Waals surface area contributed by atoms with Crippen LogP contribution in [0.15, 0.2) is 29.3 Å². The summed E-state index contributed by atoms with van der Waals surface area (Å²) in [6.45, 7) is 0.433. The molecule has 0 amide bonds. The third-order valence-corrected chi connectivity index (χ3v) is 1.96. The van der Waals surface area contributed by atoms with E-state index in [1.54, 1.807) is 12.1 Å². The van der Waals surface area contributed by atoms with Gasteiger partial charge in [0.2, 0.25) is 0 Å². The van der Waals surface area contributed by atoms with E-state index >= 15 is 0 Å². The Labute approximate surface area is 87.1 Å². The highest BCUT2D eigenvalue weighted by atomic mass is 32.1. The van der Waals surface area contributed by atoms with Gasteiger partial charge in [-0.05, 0) is 36.3 Å². The predicted molar refractivity (Wildman–Crippen MR) is 55.9 cm³/mol. The summed E-state index contributed by atoms with van der Waals surface area (Å²) in [6, 6.07) is 5.75. The van der Waals surface area contributed by atoms with Gasteiger partial charge in [0.25, 0.3) is 0 Å². The molecule has 0 radical (unpaired) electrons. The number of aliphatic hydroxyl groups excluding tert-OH is 1. The van der Waals surface area contributed by atoms with Crippen molar-refractivity contribution in [1.82, 2.24) is 0 Å². The molecule has 2 nitrogen and oxygen atoms in total. The fourth-order valence-electron chi connectivity index (χ4n) is 1.08. The molecule has 0 spiro atoms. The van der Waals surface area contributed by atoms with Crippen LogP contribution in [0.4, 0.5) is 4.39 Å². The van der Waals surface area contributed by atoms with Gasteiger partial charge in [0, 0.05) is 0 Å². The van der Waals surface area contributed by atoms with Gasteiger partial charge in [-0.15, -0.1) is 0 Å². The third-order valence-electron chi connectivity index (χ3n) is 1.83. The minimum absolute atomic E-state index is 0.308. The van der Waals surface area contributed by atoms with Crippen LogP contribution in [0.3, 0.4) is 0 Å². The van der Waals surface area contributed by atoms with E-state index in [0.717, 1.165) is 0 Å². The third kappa shape index (κ3) is 3.34. The summed E-state index contributed by atoms with van der Waals surface area (Å²) in [7, 11) is 0. The molecule has 0 fully saturated rings. The minimum Gasteiger partial charge on any atom is -0.388 e. The second-order valence-electron chi connectivity index (χ2n) is 2.83. The molecule has 0 saturated carbocycles. The van der Waals surface area contributed by atoms with Crippen molar-refractivity contribution >= 4 is 17.4 Å². The molecule has 0 bridgehead atoms. The number of halogens is 1. The Morgan fingerprint density at radius 1 is 1.43 bits per heavy atom. The van der Waals surface area contributed by atoms with Gasteiger partial charge in [-0.3, -0.25) is 0 Å². The first-order valence-corrected chi connectivity index (χ1v) is 4.62. The molecule has 1 atom stereocenters. The molecule has 1 aromatic carbocycles. The highest BCUT2D eigenvalue weighted by Crippen LogP contribution is 2.16. The molecule has 0 aliphatic heterocycles. The molecular weight excluding hydrogens is 201 g/mol. The van der Waals surface area contributed by atoms with Gasteiger partial charge in [0.1, 0.15) is 5.82 Å². The van der Waals surface area contributed by atoms with Crippen LogP contribution in [0.2, 0.25) is 0 Å². The molecule has 74 valence electrons. The summed E-state index contributed by atoms with van der Waals surface area (Å²) < 4.78 is 12.5. The smallest absolute Gasteiger partial charge is 0.123 e. The summed E-state index contributed by atoms with van der Waals surface area (Å²) in [5.41, 5.74) is 0.686. The zero-order chi connectivity index (χ0) is 10.4. The number of nitrogens with zero attached hydrogens (tertiary/aromatic N) is 1. The Balaban J connectivity index is 2.55. The van der Waals surface area contributed by atoms with Crippen LogP contribution in [0.5, 0.6) is 0 Å². The van der Waals surface area contributed by atoms with Crippen molar-refractivity contribution in [3.8, 4) is 0 Å². The van der Waals surface area contributed by atoms with E-state index in [4.69, 9.17) is 0 Å². The zero-order valence-corrected chi connectivity index (χ0v) is 8.30. The van der Waals surface area contributed by atoms with Crippen molar-refractivity contribution in [3.63, 3.8) is 0 Å². The quantitative estimate of drug-likeness (QED) is 0.612. The monoisotopic (exact) mass is 211 g/mol. The largest absolute Gasteiger partial charge is 0.388 e. The van der Waals surface area contributed by atoms with Crippen molar-refractivity contribution < 1.29 is 9.50 Å². The molecule has 0 unspecified atom stereocenters. The van der Waals surface area contributed by atoms with E-state index < -0.39 is 6.10 Å². The molecule has 1 aromatic rings. The summed E-state index contributed by atoms with van der Waals surface area (Å²) in [5, 5.41) is 11.8. The van der Waals surface area contributed by atoms with Gasteiger partial charge in [-0.2, -0.15) is 0 Å². The molecule has 4 heteroatoms. The van der Waals surface area contributed by atoms with Gasteiger partial charge in [-0.1, -0.05) is 12.1 Å². The van der Waals surface area contributed by atoms with Crippen LogP contribution in [0.25, 0.3) is 0 Å². The molecule has 0 aromatic heterocycles. The van der Waals surface area contributed by atoms with Crippen molar-refractivity contribution in [2.24, 2.45) is 4.99 Å². The topological polar surface area (TPSA) is 32.6 Å². The van der Waals surface area contributed by atoms with Gasteiger partial charge in [-0.25, -0.2) is 9.38 Å². The maximum atomic E-state index is 12.5. The molecule has 1 rings (SSSR count). The van der Waals surface area contributed by atoms with Crippen molar-refractivity contribution in [1.29, 1.82) is 0 Å². The normalized spacial score (nSPS) is 11.9. The number of thiocarbonyl (C=S) groups is 1. The first-order chi connectivity index (χ1) is 6.74. The maximum absolute atomic E-state index is 12.5. The van der Waals surface area contributed by atoms with E-state index in [1.165, 1.54) is 12.1 Å². The van der Waals surface area contributed by atoms with Crippen LogP contribution >= 0.6 is 12.2 Å². The van der Waals surface area contributed by atoms with Crippen LogP contribution in [-0.2, 0) is 0 Å². The van der Waals surface area contributed by atoms with Crippen LogP contribution < -0.4 is 0 Å². The fraction of sp³-hybridized carbons (Fsp3) is 0.300. The summed E-state index contributed by atoms with van der Waals surface area (Å²) in [5.74, 6) is -0.308. The minimum atomic E-state index is -0.623. The lowest BCUT2D eigenvalue weighted by Gasteiger charge is -2.08. The maximum Gasteiger partial charge on any atom is 0.123 e. The number of isothiocyanates is 1. The Morgan fingerprint density at radius 2 is 2.07 bits per heavy atom. The van der Waals surface area contributed by atoms with E-state index in [2.05, 4.69) is 22.4 Å². The Kier molecular flexibility index (Phi) is 4.40. The van der Waals surface area contributed by atoms with Crippen LogP contribution in [0, 0.1) is 5.82 Å². The molecule has 0 aliphatic rings. The number of aliphatic imine (C=N–C) groups is 1. The lowest BCUT2D eigenvalue weighted by atomic mass is 10.1. The number of hydrogen-bond acceptors (Lipinski definition) is 3. The second kappa shape index (κ2) is 5.60. The first kappa shape index (κ1) is 11.0. The first-order valence-electron chi connectivity index (χ1n) is 4.21. The average Bonchev–Trinajstić information content (AvgIpc) is 2.19. The van der Waals surface area contributed by atoms with Crippen LogP contribution in [0.1, 0.15) is 18.1 Å². The Bertz CT molecular complexity index is 332. The lowest BCUT2D eigenvalue weighted by molar-refractivity contribution is 0.170. The van der Waals surface area contributed by atoms with Gasteiger partial charge in [0.15, 0.2) is 0 Å². The average molecular weight is 211 g/mol.